The van der Waals surface area contributed by atoms with Gasteiger partial charge in [-0.15, -0.1) is 0 Å². The minimum absolute atomic E-state index is 0.0552. The number of nitrogens with zero attached hydrogens (tertiary/aromatic N) is 1. The van der Waals surface area contributed by atoms with Crippen molar-refractivity contribution in [3.05, 3.63) is 45.9 Å². The summed E-state index contributed by atoms with van der Waals surface area (Å²) in [4.78, 5) is 12.0. The second kappa shape index (κ2) is 6.79. The molecule has 6 nitrogen and oxygen atoms in total. The van der Waals surface area contributed by atoms with Crippen molar-refractivity contribution in [2.75, 3.05) is 11.0 Å². The second-order valence-corrected chi connectivity index (χ2v) is 8.65. The van der Waals surface area contributed by atoms with E-state index in [9.17, 15) is 13.2 Å². The van der Waals surface area contributed by atoms with E-state index in [0.717, 1.165) is 48.0 Å². The fourth-order valence-corrected chi connectivity index (χ4v) is 3.90. The fourth-order valence-electron chi connectivity index (χ4n) is 3.36. The van der Waals surface area contributed by atoms with Crippen molar-refractivity contribution in [1.29, 1.82) is 0 Å². The predicted molar refractivity (Wildman–Crippen MR) is 103 cm³/mol. The summed E-state index contributed by atoms with van der Waals surface area (Å²) in [7, 11) is -1.68. The highest BCUT2D eigenvalue weighted by Crippen LogP contribution is 2.40. The van der Waals surface area contributed by atoms with Crippen LogP contribution in [-0.2, 0) is 23.5 Å². The number of aromatic nitrogens is 1. The van der Waals surface area contributed by atoms with Crippen LogP contribution in [-0.4, -0.2) is 25.3 Å². The second-order valence-electron chi connectivity index (χ2n) is 6.90. The lowest BCUT2D eigenvalue weighted by molar-refractivity contribution is 0.170. The van der Waals surface area contributed by atoms with E-state index in [2.05, 4.69) is 11.6 Å². The van der Waals surface area contributed by atoms with Crippen LogP contribution >= 0.6 is 0 Å². The highest BCUT2D eigenvalue weighted by atomic mass is 32.2. The first-order chi connectivity index (χ1) is 12.2. The predicted octanol–water partition coefficient (Wildman–Crippen LogP) is 2.84. The first kappa shape index (κ1) is 18.5. The summed E-state index contributed by atoms with van der Waals surface area (Å²) in [5, 5.41) is 0. The van der Waals surface area contributed by atoms with Crippen LogP contribution < -0.4 is 15.0 Å². The molecule has 1 N–H and O–H groups in total. The Bertz CT molecular complexity index is 983. The van der Waals surface area contributed by atoms with Crippen molar-refractivity contribution >= 4 is 15.7 Å². The Labute approximate surface area is 153 Å². The average Bonchev–Trinajstić information content (AvgIpc) is 2.56. The third-order valence-corrected chi connectivity index (χ3v) is 5.22. The van der Waals surface area contributed by atoms with Crippen LogP contribution in [0.3, 0.4) is 0 Å². The van der Waals surface area contributed by atoms with E-state index in [-0.39, 0.29) is 11.7 Å². The standard InChI is InChI=1S/C19H24N2O4S/c1-5-16-7-6-13-9-15(20-26(4,23)24)10-17(18(13)25-16)14-8-12(2)19(22)21(3)11-14/h8-11,16,20H,5-7H2,1-4H3. The molecule has 1 unspecified atom stereocenters. The number of hydrogen-bond acceptors (Lipinski definition) is 4. The summed E-state index contributed by atoms with van der Waals surface area (Å²) in [6, 6.07) is 5.43. The van der Waals surface area contributed by atoms with Crippen LogP contribution in [0.5, 0.6) is 5.75 Å². The summed E-state index contributed by atoms with van der Waals surface area (Å²) in [6.45, 7) is 3.86. The van der Waals surface area contributed by atoms with Gasteiger partial charge in [0.2, 0.25) is 10.0 Å². The van der Waals surface area contributed by atoms with Gasteiger partial charge in [-0.2, -0.15) is 0 Å². The molecule has 140 valence electrons. The van der Waals surface area contributed by atoms with E-state index < -0.39 is 10.0 Å². The van der Waals surface area contributed by atoms with Crippen molar-refractivity contribution in [3.8, 4) is 16.9 Å². The van der Waals surface area contributed by atoms with Crippen molar-refractivity contribution in [3.63, 3.8) is 0 Å². The SMILES string of the molecule is CCC1CCc2cc(NS(C)(=O)=O)cc(-c3cc(C)c(=O)n(C)c3)c2O1. The van der Waals surface area contributed by atoms with Gasteiger partial charge >= 0.3 is 0 Å². The molecule has 2 heterocycles. The monoisotopic (exact) mass is 376 g/mol. The molecule has 26 heavy (non-hydrogen) atoms. The minimum atomic E-state index is -3.39. The van der Waals surface area contributed by atoms with Crippen molar-refractivity contribution in [2.45, 2.75) is 39.2 Å². The van der Waals surface area contributed by atoms with Crippen LogP contribution in [0, 0.1) is 6.92 Å². The Morgan fingerprint density at radius 1 is 1.31 bits per heavy atom. The fraction of sp³-hybridized carbons (Fsp3) is 0.421. The molecule has 1 aliphatic heterocycles. The molecule has 7 heteroatoms. The van der Waals surface area contributed by atoms with E-state index in [4.69, 9.17) is 4.74 Å². The molecule has 3 rings (SSSR count). The Hall–Kier alpha value is -2.28. The maximum absolute atomic E-state index is 12.0. The lowest BCUT2D eigenvalue weighted by atomic mass is 9.94. The molecular weight excluding hydrogens is 352 g/mol. The first-order valence-electron chi connectivity index (χ1n) is 8.67. The maximum Gasteiger partial charge on any atom is 0.253 e. The van der Waals surface area contributed by atoms with E-state index >= 15 is 0 Å². The lowest BCUT2D eigenvalue weighted by Gasteiger charge is -2.28. The normalized spacial score (nSPS) is 16.7. The largest absolute Gasteiger partial charge is 0.489 e. The third-order valence-electron chi connectivity index (χ3n) is 4.62. The molecule has 1 atom stereocenters. The number of pyridine rings is 1. The van der Waals surface area contributed by atoms with Crippen molar-refractivity contribution in [2.24, 2.45) is 7.05 Å². The van der Waals surface area contributed by atoms with Gasteiger partial charge in [-0.1, -0.05) is 6.92 Å². The number of anilines is 1. The highest BCUT2D eigenvalue weighted by molar-refractivity contribution is 7.92. The van der Waals surface area contributed by atoms with Crippen molar-refractivity contribution < 1.29 is 13.2 Å². The zero-order valence-corrected chi connectivity index (χ0v) is 16.3. The molecule has 0 saturated carbocycles. The molecule has 0 fully saturated rings. The molecule has 0 bridgehead atoms. The van der Waals surface area contributed by atoms with Gasteiger partial charge in [0.25, 0.3) is 5.56 Å². The molecule has 1 aliphatic rings. The number of fused-ring (bicyclic) bond motifs is 1. The number of rotatable bonds is 4. The number of benzene rings is 1. The summed E-state index contributed by atoms with van der Waals surface area (Å²) >= 11 is 0. The van der Waals surface area contributed by atoms with Gasteiger partial charge in [0.1, 0.15) is 5.75 Å². The number of sulfonamides is 1. The minimum Gasteiger partial charge on any atom is -0.489 e. The summed E-state index contributed by atoms with van der Waals surface area (Å²) < 4.78 is 33.6. The molecular formula is C19H24N2O4S. The molecule has 2 aromatic rings. The molecule has 0 spiro atoms. The average molecular weight is 376 g/mol. The molecule has 1 aromatic carbocycles. The summed E-state index contributed by atoms with van der Waals surface area (Å²) in [5.74, 6) is 0.778. The first-order valence-corrected chi connectivity index (χ1v) is 10.6. The molecule has 1 aromatic heterocycles. The van der Waals surface area contributed by atoms with Gasteiger partial charge in [0.15, 0.2) is 0 Å². The number of ether oxygens (including phenoxy) is 1. The third kappa shape index (κ3) is 3.77. The molecule has 0 aliphatic carbocycles. The van der Waals surface area contributed by atoms with Gasteiger partial charge in [0.05, 0.1) is 12.4 Å². The number of aryl methyl sites for hydroxylation is 3. The van der Waals surface area contributed by atoms with Crippen LogP contribution in [0.2, 0.25) is 0 Å². The van der Waals surface area contributed by atoms with E-state index in [1.165, 1.54) is 4.57 Å². The van der Waals surface area contributed by atoms with E-state index in [1.807, 2.05) is 12.1 Å². The highest BCUT2D eigenvalue weighted by Gasteiger charge is 2.24. The van der Waals surface area contributed by atoms with Gasteiger partial charge in [-0.3, -0.25) is 9.52 Å². The quantitative estimate of drug-likeness (QED) is 0.890. The topological polar surface area (TPSA) is 77.4 Å². The molecule has 0 saturated heterocycles. The van der Waals surface area contributed by atoms with Gasteiger partial charge in [0, 0.05) is 35.6 Å². The Kier molecular flexibility index (Phi) is 4.84. The molecule has 0 amide bonds. The number of nitrogens with one attached hydrogen (secondary N) is 1. The summed E-state index contributed by atoms with van der Waals surface area (Å²) in [6.07, 6.45) is 5.67. The molecule has 0 radical (unpaired) electrons. The Morgan fingerprint density at radius 2 is 2.04 bits per heavy atom. The summed E-state index contributed by atoms with van der Waals surface area (Å²) in [5.41, 5.74) is 3.68. The van der Waals surface area contributed by atoms with Crippen LogP contribution in [0.1, 0.15) is 30.9 Å². The maximum atomic E-state index is 12.0. The van der Waals surface area contributed by atoms with Gasteiger partial charge in [-0.05, 0) is 49.9 Å². The van der Waals surface area contributed by atoms with Gasteiger partial charge < -0.3 is 9.30 Å². The zero-order valence-electron chi connectivity index (χ0n) is 15.5. The smallest absolute Gasteiger partial charge is 0.253 e. The van der Waals surface area contributed by atoms with E-state index in [1.54, 1.807) is 26.2 Å². The lowest BCUT2D eigenvalue weighted by Crippen LogP contribution is -2.23. The Balaban J connectivity index is 2.21. The van der Waals surface area contributed by atoms with Crippen molar-refractivity contribution in [1.82, 2.24) is 4.57 Å². The van der Waals surface area contributed by atoms with Crippen LogP contribution in [0.25, 0.3) is 11.1 Å². The Morgan fingerprint density at radius 3 is 2.65 bits per heavy atom. The van der Waals surface area contributed by atoms with Gasteiger partial charge in [-0.25, -0.2) is 8.42 Å². The number of hydrogen-bond donors (Lipinski definition) is 1. The zero-order chi connectivity index (χ0) is 19.1. The van der Waals surface area contributed by atoms with Crippen LogP contribution in [0.4, 0.5) is 5.69 Å². The van der Waals surface area contributed by atoms with Crippen LogP contribution in [0.15, 0.2) is 29.2 Å². The van der Waals surface area contributed by atoms with E-state index in [0.29, 0.717) is 11.3 Å².